The minimum Gasteiger partial charge on any atom is -0.454 e. The Bertz CT molecular complexity index is 1340. The summed E-state index contributed by atoms with van der Waals surface area (Å²) in [6.45, 7) is 1.65. The number of hydrogen-bond acceptors (Lipinski definition) is 4. The first-order valence-corrected chi connectivity index (χ1v) is 9.31. The van der Waals surface area contributed by atoms with E-state index in [1.165, 1.54) is 24.4 Å². The molecule has 2 heterocycles. The third-order valence-electron chi connectivity index (χ3n) is 4.45. The van der Waals surface area contributed by atoms with E-state index < -0.39 is 11.7 Å². The van der Waals surface area contributed by atoms with Crippen LogP contribution in [-0.2, 0) is 0 Å². The molecule has 0 aliphatic rings. The maximum Gasteiger partial charge on any atom is 0.257 e. The number of fused-ring (bicyclic) bond motifs is 1. The summed E-state index contributed by atoms with van der Waals surface area (Å²) < 4.78 is 20.4. The fourth-order valence-electron chi connectivity index (χ4n) is 2.98. The fraction of sp³-hybridized carbons (Fsp3) is 0.0455. The molecule has 0 saturated heterocycles. The van der Waals surface area contributed by atoms with Crippen molar-refractivity contribution in [3.8, 4) is 11.5 Å². The van der Waals surface area contributed by atoms with Crippen molar-refractivity contribution in [1.29, 1.82) is 0 Å². The zero-order valence-electron chi connectivity index (χ0n) is 15.7. The van der Waals surface area contributed by atoms with Gasteiger partial charge in [0.15, 0.2) is 11.6 Å². The molecule has 0 saturated carbocycles. The monoisotopic (exact) mass is 423 g/mol. The van der Waals surface area contributed by atoms with Gasteiger partial charge in [-0.2, -0.15) is 0 Å². The van der Waals surface area contributed by atoms with Gasteiger partial charge in [-0.15, -0.1) is 0 Å². The van der Waals surface area contributed by atoms with Gasteiger partial charge < -0.3 is 15.0 Å². The maximum atomic E-state index is 14.6. The number of anilines is 1. The molecule has 0 aliphatic carbocycles. The Kier molecular flexibility index (Phi) is 5.20. The van der Waals surface area contributed by atoms with Crippen molar-refractivity contribution in [2.45, 2.75) is 6.92 Å². The lowest BCUT2D eigenvalue weighted by Gasteiger charge is -2.11. The molecular formula is C22H15ClFN3O3. The second kappa shape index (κ2) is 7.96. The van der Waals surface area contributed by atoms with Crippen molar-refractivity contribution in [3.63, 3.8) is 0 Å². The van der Waals surface area contributed by atoms with Crippen LogP contribution in [0.25, 0.3) is 10.9 Å². The van der Waals surface area contributed by atoms with Crippen molar-refractivity contribution in [3.05, 3.63) is 93.2 Å². The molecule has 2 N–H and O–H groups in total. The van der Waals surface area contributed by atoms with E-state index >= 15 is 0 Å². The number of carbonyl (C=O) groups excluding carboxylic acids is 1. The number of H-pyrrole nitrogens is 1. The zero-order chi connectivity index (χ0) is 21.3. The molecule has 2 aromatic carbocycles. The standard InChI is InChI=1S/C22H15ClFN3O3/c1-12-8-21(28)26-11-16(12)22(29)27-14-3-5-20(17(24)10-14)30-19-6-7-25-18-9-13(23)2-4-15(18)19/h2-11H,1H3,(H,26,28)(H,27,29). The molecule has 30 heavy (non-hydrogen) atoms. The Labute approximate surface area is 175 Å². The molecule has 0 spiro atoms. The topological polar surface area (TPSA) is 84.1 Å². The summed E-state index contributed by atoms with van der Waals surface area (Å²) in [6.07, 6.45) is 2.87. The van der Waals surface area contributed by atoms with Gasteiger partial charge in [0.05, 0.1) is 11.1 Å². The van der Waals surface area contributed by atoms with E-state index in [0.717, 1.165) is 6.07 Å². The first kappa shape index (κ1) is 19.6. The summed E-state index contributed by atoms with van der Waals surface area (Å²) in [5.41, 5.74) is 1.38. The predicted molar refractivity (Wildman–Crippen MR) is 113 cm³/mol. The molecule has 0 unspecified atom stereocenters. The lowest BCUT2D eigenvalue weighted by atomic mass is 10.1. The molecule has 4 rings (SSSR count). The predicted octanol–water partition coefficient (Wildman–Crippen LogP) is 5.07. The number of nitrogens with one attached hydrogen (secondary N) is 2. The van der Waals surface area contributed by atoms with Crippen molar-refractivity contribution in [2.75, 3.05) is 5.32 Å². The van der Waals surface area contributed by atoms with Gasteiger partial charge in [-0.3, -0.25) is 14.6 Å². The van der Waals surface area contributed by atoms with Crippen molar-refractivity contribution in [1.82, 2.24) is 9.97 Å². The number of pyridine rings is 2. The lowest BCUT2D eigenvalue weighted by Crippen LogP contribution is -2.16. The average Bonchev–Trinajstić information content (AvgIpc) is 2.69. The van der Waals surface area contributed by atoms with Crippen LogP contribution in [0, 0.1) is 12.7 Å². The third kappa shape index (κ3) is 4.01. The van der Waals surface area contributed by atoms with Gasteiger partial charge in [0.1, 0.15) is 5.75 Å². The Morgan fingerprint density at radius 1 is 1.13 bits per heavy atom. The van der Waals surface area contributed by atoms with Gasteiger partial charge in [0.25, 0.3) is 5.91 Å². The number of nitrogens with zero attached hydrogens (tertiary/aromatic N) is 1. The van der Waals surface area contributed by atoms with Gasteiger partial charge in [0, 0.05) is 40.6 Å². The van der Waals surface area contributed by atoms with Crippen LogP contribution in [0.2, 0.25) is 5.02 Å². The molecule has 8 heteroatoms. The van der Waals surface area contributed by atoms with E-state index in [9.17, 15) is 14.0 Å². The first-order valence-electron chi connectivity index (χ1n) is 8.93. The quantitative estimate of drug-likeness (QED) is 0.480. The number of rotatable bonds is 4. The van der Waals surface area contributed by atoms with Crippen molar-refractivity contribution < 1.29 is 13.9 Å². The number of aromatic nitrogens is 2. The normalized spacial score (nSPS) is 10.8. The van der Waals surface area contributed by atoms with Crippen LogP contribution in [0.5, 0.6) is 11.5 Å². The van der Waals surface area contributed by atoms with Crippen LogP contribution in [0.15, 0.2) is 65.7 Å². The summed E-state index contributed by atoms with van der Waals surface area (Å²) in [4.78, 5) is 30.4. The molecule has 0 bridgehead atoms. The molecule has 0 aliphatic heterocycles. The lowest BCUT2D eigenvalue weighted by molar-refractivity contribution is 0.102. The highest BCUT2D eigenvalue weighted by Gasteiger charge is 2.13. The Hall–Kier alpha value is -3.71. The molecule has 2 aromatic heterocycles. The van der Waals surface area contributed by atoms with Gasteiger partial charge in [-0.25, -0.2) is 4.39 Å². The van der Waals surface area contributed by atoms with Crippen LogP contribution in [0.3, 0.4) is 0 Å². The van der Waals surface area contributed by atoms with Gasteiger partial charge >= 0.3 is 0 Å². The minimum atomic E-state index is -0.648. The Morgan fingerprint density at radius 3 is 2.73 bits per heavy atom. The third-order valence-corrected chi connectivity index (χ3v) is 4.69. The molecule has 0 radical (unpaired) electrons. The number of amides is 1. The van der Waals surface area contributed by atoms with Crippen LogP contribution in [-0.4, -0.2) is 15.9 Å². The highest BCUT2D eigenvalue weighted by molar-refractivity contribution is 6.31. The van der Waals surface area contributed by atoms with Crippen molar-refractivity contribution in [2.24, 2.45) is 0 Å². The van der Waals surface area contributed by atoms with Crippen LogP contribution in [0.4, 0.5) is 10.1 Å². The number of aromatic amines is 1. The average molecular weight is 424 g/mol. The van der Waals surface area contributed by atoms with E-state index in [0.29, 0.717) is 27.2 Å². The first-order chi connectivity index (χ1) is 14.4. The Balaban J connectivity index is 1.57. The molecule has 6 nitrogen and oxygen atoms in total. The summed E-state index contributed by atoms with van der Waals surface area (Å²) in [5.74, 6) is -0.689. The van der Waals surface area contributed by atoms with Crippen LogP contribution < -0.4 is 15.6 Å². The Morgan fingerprint density at radius 2 is 1.97 bits per heavy atom. The van der Waals surface area contributed by atoms with Crippen LogP contribution >= 0.6 is 11.6 Å². The summed E-state index contributed by atoms with van der Waals surface area (Å²) in [7, 11) is 0. The van der Waals surface area contributed by atoms with E-state index in [1.54, 1.807) is 37.4 Å². The van der Waals surface area contributed by atoms with E-state index in [-0.39, 0.29) is 22.6 Å². The van der Waals surface area contributed by atoms with Gasteiger partial charge in [-0.05, 0) is 48.9 Å². The number of aryl methyl sites for hydroxylation is 1. The molecule has 0 fully saturated rings. The zero-order valence-corrected chi connectivity index (χ0v) is 16.5. The van der Waals surface area contributed by atoms with Gasteiger partial charge in [0.2, 0.25) is 5.56 Å². The van der Waals surface area contributed by atoms with Crippen LogP contribution in [0.1, 0.15) is 15.9 Å². The fourth-order valence-corrected chi connectivity index (χ4v) is 3.15. The smallest absolute Gasteiger partial charge is 0.257 e. The highest BCUT2D eigenvalue weighted by Crippen LogP contribution is 2.32. The minimum absolute atomic E-state index is 0.00401. The summed E-state index contributed by atoms with van der Waals surface area (Å²) in [6, 6.07) is 12.2. The number of carbonyl (C=O) groups is 1. The maximum absolute atomic E-state index is 14.6. The molecule has 150 valence electrons. The number of ether oxygens (including phenoxy) is 1. The largest absolute Gasteiger partial charge is 0.454 e. The number of halogens is 2. The van der Waals surface area contributed by atoms with Crippen molar-refractivity contribution >= 4 is 34.1 Å². The number of hydrogen-bond donors (Lipinski definition) is 2. The van der Waals surface area contributed by atoms with E-state index in [4.69, 9.17) is 16.3 Å². The van der Waals surface area contributed by atoms with E-state index in [1.807, 2.05) is 0 Å². The second-order valence-corrected chi connectivity index (χ2v) is 7.00. The summed E-state index contributed by atoms with van der Waals surface area (Å²) in [5, 5.41) is 3.83. The van der Waals surface area contributed by atoms with E-state index in [2.05, 4.69) is 15.3 Å². The number of benzene rings is 2. The summed E-state index contributed by atoms with van der Waals surface area (Å²) >= 11 is 5.98. The SMILES string of the molecule is Cc1cc(=O)[nH]cc1C(=O)Nc1ccc(Oc2ccnc3cc(Cl)ccc23)c(F)c1. The van der Waals surface area contributed by atoms with Gasteiger partial charge in [-0.1, -0.05) is 11.6 Å². The molecule has 1 amide bonds. The molecule has 0 atom stereocenters. The molecule has 4 aromatic rings. The highest BCUT2D eigenvalue weighted by atomic mass is 35.5. The second-order valence-electron chi connectivity index (χ2n) is 6.57. The molecular weight excluding hydrogens is 409 g/mol.